The molecule has 1 aliphatic heterocycles. The van der Waals surface area contributed by atoms with Crippen molar-refractivity contribution in [3.8, 4) is 5.75 Å². The van der Waals surface area contributed by atoms with E-state index in [2.05, 4.69) is 38.6 Å². The summed E-state index contributed by atoms with van der Waals surface area (Å²) in [6.45, 7) is 3.56. The van der Waals surface area contributed by atoms with E-state index in [9.17, 15) is 0 Å². The maximum atomic E-state index is 5.97. The fraction of sp³-hybridized carbons (Fsp3) is 0.278. The van der Waals surface area contributed by atoms with Crippen LogP contribution < -0.4 is 15.0 Å². The zero-order chi connectivity index (χ0) is 15.5. The molecule has 0 radical (unpaired) electrons. The second-order valence-electron chi connectivity index (χ2n) is 5.82. The molecule has 1 aliphatic rings. The molecule has 4 rings (SSSR count). The summed E-state index contributed by atoms with van der Waals surface area (Å²) in [4.78, 5) is 2.42. The fourth-order valence-electron chi connectivity index (χ4n) is 3.07. The molecule has 5 heteroatoms. The Morgan fingerprint density at radius 2 is 2.09 bits per heavy atom. The Hall–Kier alpha value is -2.53. The highest BCUT2D eigenvalue weighted by Gasteiger charge is 2.23. The first-order valence-electron chi connectivity index (χ1n) is 7.98. The van der Waals surface area contributed by atoms with Crippen LogP contribution in [0.25, 0.3) is 10.9 Å². The van der Waals surface area contributed by atoms with Crippen LogP contribution in [0.1, 0.15) is 0 Å². The molecule has 3 aromatic rings. The number of nitrogens with one attached hydrogen (secondary N) is 2. The van der Waals surface area contributed by atoms with Gasteiger partial charge in [0.25, 0.3) is 0 Å². The van der Waals surface area contributed by atoms with Crippen LogP contribution in [-0.4, -0.2) is 42.5 Å². The molecule has 1 saturated heterocycles. The van der Waals surface area contributed by atoms with E-state index in [-0.39, 0.29) is 0 Å². The van der Waals surface area contributed by atoms with Crippen LogP contribution in [0.5, 0.6) is 5.75 Å². The first-order valence-corrected chi connectivity index (χ1v) is 7.98. The minimum atomic E-state index is 0.313. The Kier molecular flexibility index (Phi) is 3.86. The predicted octanol–water partition coefficient (Wildman–Crippen LogP) is 2.42. The number of H-pyrrole nitrogens is 1. The van der Waals surface area contributed by atoms with Crippen molar-refractivity contribution >= 4 is 16.6 Å². The van der Waals surface area contributed by atoms with Gasteiger partial charge in [0, 0.05) is 30.7 Å². The molecule has 1 unspecified atom stereocenters. The molecule has 2 heterocycles. The van der Waals surface area contributed by atoms with Gasteiger partial charge in [0.15, 0.2) is 0 Å². The topological polar surface area (TPSA) is 53.2 Å². The van der Waals surface area contributed by atoms with Gasteiger partial charge in [0.2, 0.25) is 0 Å². The van der Waals surface area contributed by atoms with Crippen molar-refractivity contribution in [1.29, 1.82) is 0 Å². The highest BCUT2D eigenvalue weighted by Crippen LogP contribution is 2.23. The largest absolute Gasteiger partial charge is 0.491 e. The predicted molar refractivity (Wildman–Crippen MR) is 92.0 cm³/mol. The van der Waals surface area contributed by atoms with E-state index in [1.165, 1.54) is 5.69 Å². The second-order valence-corrected chi connectivity index (χ2v) is 5.82. The second kappa shape index (κ2) is 6.30. The number of ether oxygens (including phenoxy) is 1. The maximum absolute atomic E-state index is 5.97. The molecule has 0 spiro atoms. The van der Waals surface area contributed by atoms with E-state index in [1.54, 1.807) is 0 Å². The molecule has 2 aromatic carbocycles. The van der Waals surface area contributed by atoms with Crippen molar-refractivity contribution in [2.45, 2.75) is 6.04 Å². The Bertz CT molecular complexity index is 771. The third-order valence-corrected chi connectivity index (χ3v) is 4.29. The number of rotatable bonds is 4. The van der Waals surface area contributed by atoms with E-state index in [0.717, 1.165) is 36.3 Å². The summed E-state index contributed by atoms with van der Waals surface area (Å²) >= 11 is 0. The molecule has 1 fully saturated rings. The van der Waals surface area contributed by atoms with Crippen molar-refractivity contribution in [3.05, 3.63) is 54.7 Å². The lowest BCUT2D eigenvalue weighted by Gasteiger charge is -2.37. The monoisotopic (exact) mass is 308 g/mol. The van der Waals surface area contributed by atoms with Gasteiger partial charge in [-0.25, -0.2) is 0 Å². The number of piperazine rings is 1. The average molecular weight is 308 g/mol. The lowest BCUT2D eigenvalue weighted by Crippen LogP contribution is -2.54. The van der Waals surface area contributed by atoms with Gasteiger partial charge in [-0.3, -0.25) is 5.10 Å². The van der Waals surface area contributed by atoms with Crippen LogP contribution in [-0.2, 0) is 0 Å². The summed E-state index contributed by atoms with van der Waals surface area (Å²) in [5.74, 6) is 0.920. The van der Waals surface area contributed by atoms with E-state index in [4.69, 9.17) is 4.74 Å². The van der Waals surface area contributed by atoms with Crippen LogP contribution in [0.15, 0.2) is 54.7 Å². The highest BCUT2D eigenvalue weighted by atomic mass is 16.5. The lowest BCUT2D eigenvalue weighted by atomic mass is 10.1. The maximum Gasteiger partial charge on any atom is 0.119 e. The molecular weight excluding hydrogens is 288 g/mol. The molecule has 1 aromatic heterocycles. The smallest absolute Gasteiger partial charge is 0.119 e. The molecule has 0 aliphatic carbocycles. The SMILES string of the molecule is c1ccc(OCC2CNCCN2c2ccc3[nH]ncc3c2)cc1. The number of benzene rings is 2. The molecule has 0 saturated carbocycles. The van der Waals surface area contributed by atoms with Crippen molar-refractivity contribution in [2.75, 3.05) is 31.1 Å². The Balaban J connectivity index is 1.52. The molecule has 5 nitrogen and oxygen atoms in total. The van der Waals surface area contributed by atoms with Crippen LogP contribution in [0.3, 0.4) is 0 Å². The van der Waals surface area contributed by atoms with Gasteiger partial charge in [-0.15, -0.1) is 0 Å². The molecule has 23 heavy (non-hydrogen) atoms. The van der Waals surface area contributed by atoms with Crippen LogP contribution in [0.4, 0.5) is 5.69 Å². The first kappa shape index (κ1) is 14.1. The zero-order valence-corrected chi connectivity index (χ0v) is 12.9. The van der Waals surface area contributed by atoms with Gasteiger partial charge in [0.1, 0.15) is 12.4 Å². The summed E-state index contributed by atoms with van der Waals surface area (Å²) in [6, 6.07) is 16.7. The van der Waals surface area contributed by atoms with E-state index in [1.807, 2.05) is 36.5 Å². The standard InChI is InChI=1S/C18H20N4O/c1-2-4-17(5-3-1)23-13-16-12-19-8-9-22(16)15-6-7-18-14(10-15)11-20-21-18/h1-7,10-11,16,19H,8-9,12-13H2,(H,20,21). The fourth-order valence-corrected chi connectivity index (χ4v) is 3.07. The van der Waals surface area contributed by atoms with Gasteiger partial charge >= 0.3 is 0 Å². The Labute approximate surface area is 135 Å². The molecule has 0 amide bonds. The third kappa shape index (κ3) is 3.00. The van der Waals surface area contributed by atoms with Crippen LogP contribution in [0, 0.1) is 0 Å². The molecule has 118 valence electrons. The summed E-state index contributed by atoms with van der Waals surface area (Å²) in [5.41, 5.74) is 2.29. The van der Waals surface area contributed by atoms with Crippen molar-refractivity contribution < 1.29 is 4.74 Å². The van der Waals surface area contributed by atoms with Gasteiger partial charge in [-0.2, -0.15) is 5.10 Å². The first-order chi connectivity index (χ1) is 11.4. The van der Waals surface area contributed by atoms with Crippen LogP contribution >= 0.6 is 0 Å². The molecule has 2 N–H and O–H groups in total. The number of nitrogens with zero attached hydrogens (tertiary/aromatic N) is 2. The van der Waals surface area contributed by atoms with Gasteiger partial charge < -0.3 is 15.0 Å². The van der Waals surface area contributed by atoms with E-state index in [0.29, 0.717) is 12.6 Å². The molecule has 1 atom stereocenters. The molecule has 0 bridgehead atoms. The van der Waals surface area contributed by atoms with E-state index < -0.39 is 0 Å². The zero-order valence-electron chi connectivity index (χ0n) is 12.9. The molecular formula is C18H20N4O. The highest BCUT2D eigenvalue weighted by molar-refractivity contribution is 5.82. The number of anilines is 1. The van der Waals surface area contributed by atoms with Gasteiger partial charge in [-0.05, 0) is 30.3 Å². The summed E-state index contributed by atoms with van der Waals surface area (Å²) < 4.78 is 5.97. The number of hydrogen-bond donors (Lipinski definition) is 2. The van der Waals surface area contributed by atoms with Crippen molar-refractivity contribution in [3.63, 3.8) is 0 Å². The number of aromatic nitrogens is 2. The number of hydrogen-bond acceptors (Lipinski definition) is 4. The summed E-state index contributed by atoms with van der Waals surface area (Å²) in [5, 5.41) is 11.7. The number of aromatic amines is 1. The van der Waals surface area contributed by atoms with Gasteiger partial charge in [-0.1, -0.05) is 18.2 Å². The third-order valence-electron chi connectivity index (χ3n) is 4.29. The Morgan fingerprint density at radius 1 is 1.17 bits per heavy atom. The summed E-state index contributed by atoms with van der Waals surface area (Å²) in [7, 11) is 0. The van der Waals surface area contributed by atoms with Crippen molar-refractivity contribution in [1.82, 2.24) is 15.5 Å². The minimum Gasteiger partial charge on any atom is -0.491 e. The normalized spacial score (nSPS) is 18.3. The number of para-hydroxylation sites is 1. The number of fused-ring (bicyclic) bond motifs is 1. The quantitative estimate of drug-likeness (QED) is 0.777. The van der Waals surface area contributed by atoms with E-state index >= 15 is 0 Å². The summed E-state index contributed by atoms with van der Waals surface area (Å²) in [6.07, 6.45) is 1.87. The lowest BCUT2D eigenvalue weighted by molar-refractivity contribution is 0.267. The average Bonchev–Trinajstić information content (AvgIpc) is 3.09. The van der Waals surface area contributed by atoms with Crippen LogP contribution in [0.2, 0.25) is 0 Å². The van der Waals surface area contributed by atoms with Crippen molar-refractivity contribution in [2.24, 2.45) is 0 Å². The van der Waals surface area contributed by atoms with Gasteiger partial charge in [0.05, 0.1) is 17.8 Å². The Morgan fingerprint density at radius 3 is 3.00 bits per heavy atom. The minimum absolute atomic E-state index is 0.313.